The average Bonchev–Trinajstić information content (AvgIpc) is 2.46. The molecule has 4 nitrogen and oxygen atoms in total. The van der Waals surface area contributed by atoms with Gasteiger partial charge < -0.3 is 10.6 Å². The Kier molecular flexibility index (Phi) is 8.86. The monoisotopic (exact) mass is 283 g/mol. The minimum Gasteiger partial charge on any atom is -0.353 e. The highest BCUT2D eigenvalue weighted by molar-refractivity contribution is 5.78. The third-order valence-corrected chi connectivity index (χ3v) is 4.19. The molecule has 1 saturated heterocycles. The van der Waals surface area contributed by atoms with Crippen molar-refractivity contribution in [1.29, 1.82) is 0 Å². The molecule has 1 aliphatic rings. The Balaban J connectivity index is 2.27. The topological polar surface area (TPSA) is 44.4 Å². The molecule has 1 fully saturated rings. The number of rotatable bonds is 9. The third kappa shape index (κ3) is 6.71. The van der Waals surface area contributed by atoms with Gasteiger partial charge in [0.05, 0.1) is 6.54 Å². The Bertz CT molecular complexity index is 264. The summed E-state index contributed by atoms with van der Waals surface area (Å²) in [7, 11) is 0. The Hall–Kier alpha value is -0.610. The Labute approximate surface area is 124 Å². The maximum Gasteiger partial charge on any atom is 0.234 e. The number of hydrogen-bond acceptors (Lipinski definition) is 3. The lowest BCUT2D eigenvalue weighted by Crippen LogP contribution is -2.50. The minimum atomic E-state index is 0.182. The fourth-order valence-corrected chi connectivity index (χ4v) is 2.92. The van der Waals surface area contributed by atoms with Gasteiger partial charge in [0.15, 0.2) is 0 Å². The van der Waals surface area contributed by atoms with Crippen LogP contribution in [0, 0.1) is 0 Å². The molecular formula is C16H33N3O. The van der Waals surface area contributed by atoms with Gasteiger partial charge in [-0.05, 0) is 39.3 Å². The van der Waals surface area contributed by atoms with Gasteiger partial charge in [0.2, 0.25) is 5.91 Å². The fourth-order valence-electron chi connectivity index (χ4n) is 2.92. The lowest BCUT2D eigenvalue weighted by atomic mass is 10.1. The normalized spacial score (nSPS) is 20.9. The van der Waals surface area contributed by atoms with Crippen molar-refractivity contribution >= 4 is 5.91 Å². The molecule has 0 aliphatic carbocycles. The van der Waals surface area contributed by atoms with Crippen molar-refractivity contribution in [2.24, 2.45) is 0 Å². The molecule has 1 amide bonds. The van der Waals surface area contributed by atoms with Crippen LogP contribution in [0.1, 0.15) is 59.3 Å². The molecule has 118 valence electrons. The molecule has 1 rings (SSSR count). The minimum absolute atomic E-state index is 0.182. The molecule has 1 heterocycles. The van der Waals surface area contributed by atoms with Gasteiger partial charge in [-0.25, -0.2) is 0 Å². The zero-order valence-electron chi connectivity index (χ0n) is 13.6. The van der Waals surface area contributed by atoms with Crippen LogP contribution in [0.4, 0.5) is 0 Å². The van der Waals surface area contributed by atoms with E-state index in [9.17, 15) is 4.79 Å². The quantitative estimate of drug-likeness (QED) is 0.637. The second-order valence-electron chi connectivity index (χ2n) is 6.03. The van der Waals surface area contributed by atoms with Crippen molar-refractivity contribution in [1.82, 2.24) is 15.5 Å². The standard InChI is InChI=1S/C16H33N3O/c1-4-6-7-9-14(3)18-16(20)13-19(5-2)15-10-8-11-17-12-15/h14-15,17H,4-13H2,1-3H3,(H,18,20). The van der Waals surface area contributed by atoms with Gasteiger partial charge in [0.1, 0.15) is 0 Å². The second-order valence-corrected chi connectivity index (χ2v) is 6.03. The molecule has 0 saturated carbocycles. The highest BCUT2D eigenvalue weighted by Crippen LogP contribution is 2.10. The first-order valence-electron chi connectivity index (χ1n) is 8.41. The van der Waals surface area contributed by atoms with E-state index in [0.29, 0.717) is 18.6 Å². The van der Waals surface area contributed by atoms with E-state index in [2.05, 4.69) is 36.3 Å². The van der Waals surface area contributed by atoms with Crippen LogP contribution in [-0.4, -0.2) is 49.1 Å². The smallest absolute Gasteiger partial charge is 0.234 e. The number of nitrogens with one attached hydrogen (secondary N) is 2. The van der Waals surface area contributed by atoms with Crippen LogP contribution in [0.3, 0.4) is 0 Å². The van der Waals surface area contributed by atoms with E-state index in [1.807, 2.05) is 0 Å². The number of piperidine rings is 1. The van der Waals surface area contributed by atoms with E-state index < -0.39 is 0 Å². The Morgan fingerprint density at radius 1 is 1.40 bits per heavy atom. The number of hydrogen-bond donors (Lipinski definition) is 2. The molecule has 1 aliphatic heterocycles. The summed E-state index contributed by atoms with van der Waals surface area (Å²) in [5, 5.41) is 6.57. The van der Waals surface area contributed by atoms with Crippen molar-refractivity contribution in [3.05, 3.63) is 0 Å². The molecule has 0 radical (unpaired) electrons. The van der Waals surface area contributed by atoms with Crippen LogP contribution in [0.15, 0.2) is 0 Å². The lowest BCUT2D eigenvalue weighted by Gasteiger charge is -2.33. The number of amides is 1. The summed E-state index contributed by atoms with van der Waals surface area (Å²) in [5.74, 6) is 0.182. The zero-order valence-corrected chi connectivity index (χ0v) is 13.6. The van der Waals surface area contributed by atoms with E-state index in [-0.39, 0.29) is 5.91 Å². The highest BCUT2D eigenvalue weighted by Gasteiger charge is 2.21. The predicted molar refractivity (Wildman–Crippen MR) is 84.9 cm³/mol. The lowest BCUT2D eigenvalue weighted by molar-refractivity contribution is -0.123. The number of unbranched alkanes of at least 4 members (excludes halogenated alkanes) is 2. The molecule has 0 spiro atoms. The van der Waals surface area contributed by atoms with Crippen molar-refractivity contribution in [3.63, 3.8) is 0 Å². The molecule has 0 bridgehead atoms. The summed E-state index contributed by atoms with van der Waals surface area (Å²) < 4.78 is 0. The van der Waals surface area contributed by atoms with Crippen LogP contribution in [0.5, 0.6) is 0 Å². The molecule has 0 aromatic carbocycles. The molecular weight excluding hydrogens is 250 g/mol. The maximum atomic E-state index is 12.1. The molecule has 0 aromatic rings. The molecule has 4 heteroatoms. The van der Waals surface area contributed by atoms with E-state index in [4.69, 9.17) is 0 Å². The summed E-state index contributed by atoms with van der Waals surface area (Å²) in [6.07, 6.45) is 7.23. The average molecular weight is 283 g/mol. The Morgan fingerprint density at radius 3 is 2.80 bits per heavy atom. The molecule has 20 heavy (non-hydrogen) atoms. The SMILES string of the molecule is CCCCCC(C)NC(=O)CN(CC)C1CCCNC1. The van der Waals surface area contributed by atoms with Gasteiger partial charge >= 0.3 is 0 Å². The van der Waals surface area contributed by atoms with Crippen molar-refractivity contribution in [3.8, 4) is 0 Å². The van der Waals surface area contributed by atoms with Gasteiger partial charge in [0, 0.05) is 18.6 Å². The van der Waals surface area contributed by atoms with E-state index in [1.54, 1.807) is 0 Å². The van der Waals surface area contributed by atoms with Crippen LogP contribution in [0.25, 0.3) is 0 Å². The summed E-state index contributed by atoms with van der Waals surface area (Å²) in [6, 6.07) is 0.826. The predicted octanol–water partition coefficient (Wildman–Crippen LogP) is 2.15. The zero-order chi connectivity index (χ0) is 14.8. The molecule has 2 unspecified atom stereocenters. The van der Waals surface area contributed by atoms with Gasteiger partial charge in [-0.3, -0.25) is 9.69 Å². The fraction of sp³-hybridized carbons (Fsp3) is 0.938. The maximum absolute atomic E-state index is 12.1. The first-order valence-corrected chi connectivity index (χ1v) is 8.41. The van der Waals surface area contributed by atoms with Crippen LogP contribution in [0.2, 0.25) is 0 Å². The van der Waals surface area contributed by atoms with Gasteiger partial charge in [0.25, 0.3) is 0 Å². The molecule has 0 aromatic heterocycles. The van der Waals surface area contributed by atoms with E-state index in [1.165, 1.54) is 32.1 Å². The van der Waals surface area contributed by atoms with Crippen molar-refractivity contribution in [2.75, 3.05) is 26.2 Å². The first kappa shape index (κ1) is 17.4. The third-order valence-electron chi connectivity index (χ3n) is 4.19. The van der Waals surface area contributed by atoms with E-state index in [0.717, 1.165) is 26.1 Å². The van der Waals surface area contributed by atoms with E-state index >= 15 is 0 Å². The largest absolute Gasteiger partial charge is 0.353 e. The summed E-state index contributed by atoms with van der Waals surface area (Å²) in [6.45, 7) is 10.1. The molecule has 2 atom stereocenters. The number of carbonyl (C=O) groups excluding carboxylic acids is 1. The first-order chi connectivity index (χ1) is 9.67. The Morgan fingerprint density at radius 2 is 2.20 bits per heavy atom. The van der Waals surface area contributed by atoms with Gasteiger partial charge in [-0.15, -0.1) is 0 Å². The van der Waals surface area contributed by atoms with Crippen LogP contribution >= 0.6 is 0 Å². The van der Waals surface area contributed by atoms with Gasteiger partial charge in [-0.2, -0.15) is 0 Å². The van der Waals surface area contributed by atoms with Crippen molar-refractivity contribution < 1.29 is 4.79 Å². The number of nitrogens with zero attached hydrogens (tertiary/aromatic N) is 1. The second kappa shape index (κ2) is 10.2. The summed E-state index contributed by atoms with van der Waals surface area (Å²) in [5.41, 5.74) is 0. The van der Waals surface area contributed by atoms with Crippen molar-refractivity contribution in [2.45, 2.75) is 71.4 Å². The summed E-state index contributed by atoms with van der Waals surface area (Å²) in [4.78, 5) is 14.4. The highest BCUT2D eigenvalue weighted by atomic mass is 16.2. The number of carbonyl (C=O) groups is 1. The molecule has 2 N–H and O–H groups in total. The van der Waals surface area contributed by atoms with Crippen LogP contribution in [-0.2, 0) is 4.79 Å². The van der Waals surface area contributed by atoms with Gasteiger partial charge in [-0.1, -0.05) is 33.1 Å². The van der Waals surface area contributed by atoms with Crippen LogP contribution < -0.4 is 10.6 Å². The number of likely N-dealkylation sites (N-methyl/N-ethyl adjacent to an activating group) is 1. The summed E-state index contributed by atoms with van der Waals surface area (Å²) >= 11 is 0.